The quantitative estimate of drug-likeness (QED) is 0.831. The van der Waals surface area contributed by atoms with E-state index in [1.54, 1.807) is 14.2 Å². The predicted octanol–water partition coefficient (Wildman–Crippen LogP) is 4.05. The highest BCUT2D eigenvalue weighted by atomic mass is 79.9. The number of methoxy groups -OCH3 is 2. The van der Waals surface area contributed by atoms with E-state index < -0.39 is 0 Å². The van der Waals surface area contributed by atoms with Crippen molar-refractivity contribution in [2.24, 2.45) is 0 Å². The molecule has 19 heavy (non-hydrogen) atoms. The largest absolute Gasteiger partial charge is 0.496 e. The van der Waals surface area contributed by atoms with Crippen LogP contribution in [0.3, 0.4) is 0 Å². The van der Waals surface area contributed by atoms with Crippen LogP contribution in [0.5, 0.6) is 17.2 Å². The van der Waals surface area contributed by atoms with E-state index in [-0.39, 0.29) is 0 Å². The first-order valence-electron chi connectivity index (χ1n) is 5.81. The van der Waals surface area contributed by atoms with Crippen LogP contribution >= 0.6 is 15.9 Å². The second-order valence-electron chi connectivity index (χ2n) is 3.96. The zero-order chi connectivity index (χ0) is 13.7. The van der Waals surface area contributed by atoms with Gasteiger partial charge in [-0.25, -0.2) is 0 Å². The van der Waals surface area contributed by atoms with Gasteiger partial charge in [0.25, 0.3) is 0 Å². The summed E-state index contributed by atoms with van der Waals surface area (Å²) in [6.07, 6.45) is 0. The van der Waals surface area contributed by atoms with E-state index in [9.17, 15) is 0 Å². The van der Waals surface area contributed by atoms with Crippen molar-refractivity contribution < 1.29 is 14.2 Å². The second kappa shape index (κ2) is 6.48. The first-order chi connectivity index (χ1) is 9.21. The molecule has 0 aliphatic carbocycles. The molecule has 0 heterocycles. The van der Waals surface area contributed by atoms with Crippen LogP contribution < -0.4 is 14.2 Å². The van der Waals surface area contributed by atoms with Crippen molar-refractivity contribution in [1.29, 1.82) is 0 Å². The topological polar surface area (TPSA) is 27.7 Å². The van der Waals surface area contributed by atoms with E-state index >= 15 is 0 Å². The van der Waals surface area contributed by atoms with Crippen LogP contribution in [0.25, 0.3) is 0 Å². The number of hydrogen-bond donors (Lipinski definition) is 0. The fraction of sp³-hybridized carbons (Fsp3) is 0.200. The SMILES string of the molecule is COc1cc(OC)cc(OCc2ccc(Br)cc2)c1. The van der Waals surface area contributed by atoms with Crippen LogP contribution in [0.4, 0.5) is 0 Å². The van der Waals surface area contributed by atoms with E-state index in [1.165, 1.54) is 0 Å². The third kappa shape index (κ3) is 3.89. The number of ether oxygens (including phenoxy) is 3. The molecule has 0 bridgehead atoms. The maximum Gasteiger partial charge on any atom is 0.127 e. The Labute approximate surface area is 121 Å². The van der Waals surface area contributed by atoms with Gasteiger partial charge in [0.2, 0.25) is 0 Å². The molecule has 0 amide bonds. The van der Waals surface area contributed by atoms with Gasteiger partial charge in [-0.2, -0.15) is 0 Å². The van der Waals surface area contributed by atoms with Crippen molar-refractivity contribution in [3.05, 3.63) is 52.5 Å². The highest BCUT2D eigenvalue weighted by Crippen LogP contribution is 2.28. The smallest absolute Gasteiger partial charge is 0.127 e. The third-order valence-corrected chi connectivity index (χ3v) is 3.17. The van der Waals surface area contributed by atoms with Gasteiger partial charge in [-0.05, 0) is 17.7 Å². The van der Waals surface area contributed by atoms with Crippen molar-refractivity contribution in [3.8, 4) is 17.2 Å². The molecule has 0 N–H and O–H groups in total. The van der Waals surface area contributed by atoms with Crippen molar-refractivity contribution in [2.75, 3.05) is 14.2 Å². The van der Waals surface area contributed by atoms with Gasteiger partial charge >= 0.3 is 0 Å². The molecule has 0 atom stereocenters. The third-order valence-electron chi connectivity index (χ3n) is 2.64. The Morgan fingerprint density at radius 3 is 1.89 bits per heavy atom. The van der Waals surface area contributed by atoms with Crippen LogP contribution in [0, 0.1) is 0 Å². The maximum absolute atomic E-state index is 5.74. The minimum Gasteiger partial charge on any atom is -0.496 e. The molecule has 2 rings (SSSR count). The molecule has 100 valence electrons. The standard InChI is InChI=1S/C15H15BrO3/c1-17-13-7-14(18-2)9-15(8-13)19-10-11-3-5-12(16)6-4-11/h3-9H,10H2,1-2H3. The normalized spacial score (nSPS) is 10.1. The summed E-state index contributed by atoms with van der Waals surface area (Å²) >= 11 is 3.41. The van der Waals surface area contributed by atoms with Gasteiger partial charge in [0.1, 0.15) is 23.9 Å². The summed E-state index contributed by atoms with van der Waals surface area (Å²) in [5.74, 6) is 2.15. The molecule has 2 aromatic rings. The lowest BCUT2D eigenvalue weighted by atomic mass is 10.2. The Bertz CT molecular complexity index is 515. The fourth-order valence-electron chi connectivity index (χ4n) is 1.61. The van der Waals surface area contributed by atoms with Gasteiger partial charge < -0.3 is 14.2 Å². The van der Waals surface area contributed by atoms with E-state index in [0.29, 0.717) is 18.1 Å². The van der Waals surface area contributed by atoms with Crippen LogP contribution in [0.15, 0.2) is 46.9 Å². The van der Waals surface area contributed by atoms with Gasteiger partial charge in [0, 0.05) is 22.7 Å². The molecule has 0 aliphatic heterocycles. The van der Waals surface area contributed by atoms with E-state index in [0.717, 1.165) is 15.8 Å². The fourth-order valence-corrected chi connectivity index (χ4v) is 1.88. The Kier molecular flexibility index (Phi) is 4.68. The molecule has 0 aliphatic rings. The van der Waals surface area contributed by atoms with Gasteiger partial charge in [-0.1, -0.05) is 28.1 Å². The zero-order valence-electron chi connectivity index (χ0n) is 10.9. The minimum atomic E-state index is 0.504. The lowest BCUT2D eigenvalue weighted by molar-refractivity contribution is 0.300. The van der Waals surface area contributed by atoms with Crippen molar-refractivity contribution in [2.45, 2.75) is 6.61 Å². The molecule has 0 saturated heterocycles. The average molecular weight is 323 g/mol. The van der Waals surface area contributed by atoms with Gasteiger partial charge in [-0.3, -0.25) is 0 Å². The van der Waals surface area contributed by atoms with Gasteiger partial charge in [-0.15, -0.1) is 0 Å². The molecule has 2 aromatic carbocycles. The molecule has 0 radical (unpaired) electrons. The molecular formula is C15H15BrO3. The Hall–Kier alpha value is -1.68. The summed E-state index contributed by atoms with van der Waals surface area (Å²) in [6, 6.07) is 13.5. The van der Waals surface area contributed by atoms with Crippen molar-refractivity contribution in [1.82, 2.24) is 0 Å². The molecular weight excluding hydrogens is 308 g/mol. The molecule has 0 aromatic heterocycles. The van der Waals surface area contributed by atoms with E-state index in [4.69, 9.17) is 14.2 Å². The molecule has 0 saturated carbocycles. The van der Waals surface area contributed by atoms with Crippen LogP contribution in [-0.4, -0.2) is 14.2 Å². The van der Waals surface area contributed by atoms with Crippen molar-refractivity contribution in [3.63, 3.8) is 0 Å². The highest BCUT2D eigenvalue weighted by Gasteiger charge is 2.03. The summed E-state index contributed by atoms with van der Waals surface area (Å²) < 4.78 is 17.2. The lowest BCUT2D eigenvalue weighted by Crippen LogP contribution is -1.96. The molecule has 0 spiro atoms. The summed E-state index contributed by atoms with van der Waals surface area (Å²) in [5, 5.41) is 0. The molecule has 3 nitrogen and oxygen atoms in total. The van der Waals surface area contributed by atoms with Crippen molar-refractivity contribution >= 4 is 15.9 Å². The number of benzene rings is 2. The van der Waals surface area contributed by atoms with Crippen LogP contribution in [0.2, 0.25) is 0 Å². The number of rotatable bonds is 5. The van der Waals surface area contributed by atoms with E-state index in [2.05, 4.69) is 15.9 Å². The lowest BCUT2D eigenvalue weighted by Gasteiger charge is -2.10. The van der Waals surface area contributed by atoms with E-state index in [1.807, 2.05) is 42.5 Å². The first kappa shape index (κ1) is 13.7. The summed E-state index contributed by atoms with van der Waals surface area (Å²) in [4.78, 5) is 0. The van der Waals surface area contributed by atoms with Gasteiger partial charge in [0.15, 0.2) is 0 Å². The maximum atomic E-state index is 5.74. The summed E-state index contributed by atoms with van der Waals surface area (Å²) in [5.41, 5.74) is 1.10. The second-order valence-corrected chi connectivity index (χ2v) is 4.88. The Morgan fingerprint density at radius 2 is 1.37 bits per heavy atom. The summed E-state index contributed by atoms with van der Waals surface area (Å²) in [6.45, 7) is 0.504. The predicted molar refractivity (Wildman–Crippen MR) is 78.0 cm³/mol. The van der Waals surface area contributed by atoms with Crippen LogP contribution in [-0.2, 0) is 6.61 Å². The van der Waals surface area contributed by atoms with Crippen LogP contribution in [0.1, 0.15) is 5.56 Å². The minimum absolute atomic E-state index is 0.504. The molecule has 0 fully saturated rings. The monoisotopic (exact) mass is 322 g/mol. The zero-order valence-corrected chi connectivity index (χ0v) is 12.4. The summed E-state index contributed by atoms with van der Waals surface area (Å²) in [7, 11) is 3.24. The average Bonchev–Trinajstić information content (AvgIpc) is 2.46. The molecule has 0 unspecified atom stereocenters. The Balaban J connectivity index is 2.08. The highest BCUT2D eigenvalue weighted by molar-refractivity contribution is 9.10. The number of hydrogen-bond acceptors (Lipinski definition) is 3. The first-order valence-corrected chi connectivity index (χ1v) is 6.61. The molecule has 4 heteroatoms. The van der Waals surface area contributed by atoms with Gasteiger partial charge in [0.05, 0.1) is 14.2 Å². The Morgan fingerprint density at radius 1 is 0.842 bits per heavy atom. The number of halogens is 1.